The molecule has 0 spiro atoms. The number of hydrogen-bond acceptors (Lipinski definition) is 5. The third kappa shape index (κ3) is 5.57. The quantitative estimate of drug-likeness (QED) is 0.649. The minimum atomic E-state index is -3.95. The zero-order valence-corrected chi connectivity index (χ0v) is 16.1. The molecule has 0 aliphatic heterocycles. The molecule has 0 fully saturated rings. The lowest BCUT2D eigenvalue weighted by Gasteiger charge is -2.15. The summed E-state index contributed by atoms with van der Waals surface area (Å²) in [7, 11) is 4.54. The zero-order valence-electron chi connectivity index (χ0n) is 14.5. The van der Waals surface area contributed by atoms with E-state index in [-0.39, 0.29) is 23.2 Å². The summed E-state index contributed by atoms with van der Waals surface area (Å²) in [5.74, 6) is -0.425. The highest BCUT2D eigenvalue weighted by atomic mass is 35.7. The summed E-state index contributed by atoms with van der Waals surface area (Å²) >= 11 is 0. The summed E-state index contributed by atoms with van der Waals surface area (Å²) < 4.78 is 35.1. The van der Waals surface area contributed by atoms with Gasteiger partial charge in [0.15, 0.2) is 0 Å². The summed E-state index contributed by atoms with van der Waals surface area (Å²) in [6.45, 7) is 0.882. The maximum atomic E-state index is 12.6. The minimum absolute atomic E-state index is 0.125. The fourth-order valence-corrected chi connectivity index (χ4v) is 3.17. The van der Waals surface area contributed by atoms with Crippen LogP contribution in [0.3, 0.4) is 0 Å². The molecule has 9 heteroatoms. The first kappa shape index (κ1) is 20.4. The molecule has 0 saturated carbocycles. The van der Waals surface area contributed by atoms with Crippen LogP contribution in [0.25, 0.3) is 0 Å². The van der Waals surface area contributed by atoms with Gasteiger partial charge < -0.3 is 19.4 Å². The fraction of sp³-hybridized carbons (Fsp3) is 0.353. The molecule has 0 saturated heterocycles. The largest absolute Gasteiger partial charge is 0.382 e. The van der Waals surface area contributed by atoms with Gasteiger partial charge in [-0.05, 0) is 11.6 Å². The first-order valence-corrected chi connectivity index (χ1v) is 10.1. The van der Waals surface area contributed by atoms with Gasteiger partial charge in [-0.2, -0.15) is 0 Å². The van der Waals surface area contributed by atoms with Crippen molar-refractivity contribution in [3.05, 3.63) is 53.9 Å². The van der Waals surface area contributed by atoms with Gasteiger partial charge in [0.05, 0.1) is 12.7 Å². The summed E-state index contributed by atoms with van der Waals surface area (Å²) in [6.07, 6.45) is 1.05. The predicted octanol–water partition coefficient (Wildman–Crippen LogP) is 1.86. The van der Waals surface area contributed by atoms with E-state index in [0.717, 1.165) is 5.56 Å². The number of amides is 1. The Bertz CT molecular complexity index is 836. The lowest BCUT2D eigenvalue weighted by molar-refractivity contribution is 0.0284. The van der Waals surface area contributed by atoms with E-state index < -0.39 is 15.0 Å². The predicted molar refractivity (Wildman–Crippen MR) is 98.0 cm³/mol. The van der Waals surface area contributed by atoms with E-state index in [1.54, 1.807) is 4.57 Å². The van der Waals surface area contributed by atoms with Gasteiger partial charge in [-0.15, -0.1) is 0 Å². The molecule has 1 aromatic carbocycles. The van der Waals surface area contributed by atoms with Crippen LogP contribution in [0.5, 0.6) is 0 Å². The number of aromatic nitrogens is 1. The molecule has 1 aromatic heterocycles. The van der Waals surface area contributed by atoms with Crippen LogP contribution in [0.1, 0.15) is 16.1 Å². The molecule has 1 amide bonds. The Labute approximate surface area is 157 Å². The van der Waals surface area contributed by atoms with E-state index in [2.05, 4.69) is 5.32 Å². The van der Waals surface area contributed by atoms with E-state index in [0.29, 0.717) is 13.2 Å². The first-order valence-electron chi connectivity index (χ1n) is 7.84. The minimum Gasteiger partial charge on any atom is -0.382 e. The highest BCUT2D eigenvalue weighted by Crippen LogP contribution is 2.20. The van der Waals surface area contributed by atoms with Crippen molar-refractivity contribution in [3.8, 4) is 0 Å². The first-order chi connectivity index (χ1) is 12.3. The van der Waals surface area contributed by atoms with Crippen molar-refractivity contribution in [3.63, 3.8) is 0 Å². The Hall–Kier alpha value is -1.87. The molecular weight excluding hydrogens is 380 g/mol. The molecule has 1 unspecified atom stereocenters. The third-order valence-electron chi connectivity index (χ3n) is 3.76. The number of carbonyl (C=O) groups is 1. The van der Waals surface area contributed by atoms with Crippen molar-refractivity contribution >= 4 is 25.6 Å². The number of halogens is 1. The molecule has 0 aliphatic rings. The van der Waals surface area contributed by atoms with Crippen LogP contribution < -0.4 is 5.32 Å². The van der Waals surface area contributed by atoms with Gasteiger partial charge in [-0.3, -0.25) is 4.79 Å². The highest BCUT2D eigenvalue weighted by Gasteiger charge is 2.21. The van der Waals surface area contributed by atoms with Gasteiger partial charge >= 0.3 is 0 Å². The highest BCUT2D eigenvalue weighted by molar-refractivity contribution is 8.13. The standard InChI is InChI=1S/C17H21ClN2O5S/c1-24-12-14(25-2)9-19-17(21)16-8-15(26(18,22)23)11-20(16)10-13-6-4-3-5-7-13/h3-8,11,14H,9-10,12H2,1-2H3,(H,19,21). The number of nitrogens with one attached hydrogen (secondary N) is 1. The van der Waals surface area contributed by atoms with Crippen molar-refractivity contribution < 1.29 is 22.7 Å². The monoisotopic (exact) mass is 400 g/mol. The smallest absolute Gasteiger partial charge is 0.268 e. The van der Waals surface area contributed by atoms with E-state index >= 15 is 0 Å². The van der Waals surface area contributed by atoms with Crippen molar-refractivity contribution in [2.45, 2.75) is 17.5 Å². The van der Waals surface area contributed by atoms with E-state index in [9.17, 15) is 13.2 Å². The van der Waals surface area contributed by atoms with Gasteiger partial charge in [-0.1, -0.05) is 30.3 Å². The van der Waals surface area contributed by atoms with Crippen molar-refractivity contribution in [1.29, 1.82) is 0 Å². The molecule has 7 nitrogen and oxygen atoms in total. The number of rotatable bonds is 9. The topological polar surface area (TPSA) is 86.6 Å². The van der Waals surface area contributed by atoms with Crippen molar-refractivity contribution in [2.75, 3.05) is 27.4 Å². The molecule has 1 N–H and O–H groups in total. The SMILES string of the molecule is COCC(CNC(=O)c1cc(S(=O)(=O)Cl)cn1Cc1ccccc1)OC. The van der Waals surface area contributed by atoms with Gasteiger partial charge in [0.1, 0.15) is 10.6 Å². The van der Waals surface area contributed by atoms with Gasteiger partial charge in [0, 0.05) is 44.2 Å². The molecule has 1 atom stereocenters. The van der Waals surface area contributed by atoms with Crippen LogP contribution in [0, 0.1) is 0 Å². The molecule has 26 heavy (non-hydrogen) atoms. The summed E-state index contributed by atoms with van der Waals surface area (Å²) in [5, 5.41) is 2.72. The second kappa shape index (κ2) is 9.18. The molecule has 2 aromatic rings. The second-order valence-electron chi connectivity index (χ2n) is 5.64. The molecule has 0 bridgehead atoms. The summed E-state index contributed by atoms with van der Waals surface area (Å²) in [4.78, 5) is 12.4. The Kier molecular flexibility index (Phi) is 7.22. The Morgan fingerprint density at radius 1 is 1.27 bits per heavy atom. The van der Waals surface area contributed by atoms with Crippen LogP contribution in [0.4, 0.5) is 0 Å². The molecule has 0 aliphatic carbocycles. The van der Waals surface area contributed by atoms with Gasteiger partial charge in [0.25, 0.3) is 15.0 Å². The van der Waals surface area contributed by atoms with Crippen LogP contribution in [0.2, 0.25) is 0 Å². The van der Waals surface area contributed by atoms with E-state index in [1.165, 1.54) is 26.5 Å². The number of benzene rings is 1. The van der Waals surface area contributed by atoms with Crippen molar-refractivity contribution in [2.24, 2.45) is 0 Å². The zero-order chi connectivity index (χ0) is 19.2. The molecule has 1 heterocycles. The maximum absolute atomic E-state index is 12.6. The number of methoxy groups -OCH3 is 2. The molecular formula is C17H21ClN2O5S. The Balaban J connectivity index is 2.24. The van der Waals surface area contributed by atoms with Crippen LogP contribution >= 0.6 is 10.7 Å². The Morgan fingerprint density at radius 2 is 1.96 bits per heavy atom. The van der Waals surface area contributed by atoms with Crippen molar-refractivity contribution in [1.82, 2.24) is 9.88 Å². The lowest BCUT2D eigenvalue weighted by atomic mass is 10.2. The lowest BCUT2D eigenvalue weighted by Crippen LogP contribution is -2.36. The molecule has 0 radical (unpaired) electrons. The fourth-order valence-electron chi connectivity index (χ4n) is 2.41. The van der Waals surface area contributed by atoms with Crippen LogP contribution in [-0.2, 0) is 25.1 Å². The number of nitrogens with zero attached hydrogens (tertiary/aromatic N) is 1. The normalized spacial score (nSPS) is 12.7. The average molecular weight is 401 g/mol. The van der Waals surface area contributed by atoms with E-state index in [4.69, 9.17) is 20.2 Å². The van der Waals surface area contributed by atoms with E-state index in [1.807, 2.05) is 30.3 Å². The second-order valence-corrected chi connectivity index (χ2v) is 8.20. The van der Waals surface area contributed by atoms with Gasteiger partial charge in [-0.25, -0.2) is 8.42 Å². The van der Waals surface area contributed by atoms with Crippen LogP contribution in [-0.4, -0.2) is 52.4 Å². The number of hydrogen-bond donors (Lipinski definition) is 1. The molecule has 2 rings (SSSR count). The average Bonchev–Trinajstić information content (AvgIpc) is 3.03. The third-order valence-corrected chi connectivity index (χ3v) is 5.08. The summed E-state index contributed by atoms with van der Waals surface area (Å²) in [5.41, 5.74) is 1.12. The number of carbonyl (C=O) groups excluding carboxylic acids is 1. The Morgan fingerprint density at radius 3 is 2.54 bits per heavy atom. The number of ether oxygens (including phenoxy) is 2. The van der Waals surface area contributed by atoms with Crippen LogP contribution in [0.15, 0.2) is 47.5 Å². The summed E-state index contributed by atoms with van der Waals surface area (Å²) in [6, 6.07) is 10.6. The maximum Gasteiger partial charge on any atom is 0.268 e. The molecule has 142 valence electrons. The van der Waals surface area contributed by atoms with Gasteiger partial charge in [0.2, 0.25) is 0 Å².